The van der Waals surface area contributed by atoms with Crippen molar-refractivity contribution in [2.75, 3.05) is 25.6 Å². The van der Waals surface area contributed by atoms with Crippen LogP contribution in [0.4, 0.5) is 11.4 Å². The Morgan fingerprint density at radius 1 is 1.35 bits per heavy atom. The van der Waals surface area contributed by atoms with Crippen molar-refractivity contribution in [3.8, 4) is 0 Å². The van der Waals surface area contributed by atoms with Gasteiger partial charge < -0.3 is 14.8 Å². The third kappa shape index (κ3) is 5.85. The van der Waals surface area contributed by atoms with Crippen LogP contribution in [0.2, 0.25) is 0 Å². The third-order valence-electron chi connectivity index (χ3n) is 2.89. The number of methoxy groups -OCH3 is 1. The number of carbonyl (C=O) groups excluding carboxylic acids is 2. The molecule has 0 aliphatic carbocycles. The fourth-order valence-corrected chi connectivity index (χ4v) is 1.72. The zero-order chi connectivity index (χ0) is 17.2. The normalized spacial score (nSPS) is 12.2. The van der Waals surface area contributed by atoms with Crippen molar-refractivity contribution in [1.82, 2.24) is 0 Å². The van der Waals surface area contributed by atoms with Crippen molar-refractivity contribution in [3.63, 3.8) is 0 Å². The Kier molecular flexibility index (Phi) is 7.38. The molecule has 1 rings (SSSR count). The standard InChI is InChI=1S/C15H19N3O5/c1-4-23-15(20)14(10(2)16-9-13(19)22-3)17-11-6-5-7-12(8-11)18-21/h5-8,14,17H,4,9H2,1-3H3/b16-10+. The highest BCUT2D eigenvalue weighted by Gasteiger charge is 2.23. The molecule has 1 aromatic carbocycles. The summed E-state index contributed by atoms with van der Waals surface area (Å²) in [6.07, 6.45) is 0. The lowest BCUT2D eigenvalue weighted by atomic mass is 10.1. The van der Waals surface area contributed by atoms with Crippen LogP contribution in [0, 0.1) is 4.91 Å². The number of benzene rings is 1. The number of anilines is 1. The molecule has 8 nitrogen and oxygen atoms in total. The number of ether oxygens (including phenoxy) is 2. The fourth-order valence-electron chi connectivity index (χ4n) is 1.72. The molecule has 1 atom stereocenters. The Bertz CT molecular complexity index is 601. The van der Waals surface area contributed by atoms with Crippen molar-refractivity contribution in [3.05, 3.63) is 29.2 Å². The van der Waals surface area contributed by atoms with Crippen LogP contribution in [-0.4, -0.2) is 44.0 Å². The maximum absolute atomic E-state index is 12.1. The van der Waals surface area contributed by atoms with Gasteiger partial charge in [-0.3, -0.25) is 9.79 Å². The van der Waals surface area contributed by atoms with Crippen LogP contribution in [0.15, 0.2) is 34.4 Å². The molecule has 124 valence electrons. The minimum Gasteiger partial charge on any atom is -0.468 e. The molecule has 0 spiro atoms. The van der Waals surface area contributed by atoms with E-state index in [4.69, 9.17) is 4.74 Å². The SMILES string of the molecule is CCOC(=O)C(Nc1cccc(N=O)c1)/C(C)=N/CC(=O)OC. The maximum Gasteiger partial charge on any atom is 0.334 e. The Labute approximate surface area is 133 Å². The van der Waals surface area contributed by atoms with Gasteiger partial charge in [0.25, 0.3) is 0 Å². The van der Waals surface area contributed by atoms with Gasteiger partial charge in [0.2, 0.25) is 0 Å². The first-order valence-electron chi connectivity index (χ1n) is 6.96. The molecule has 0 amide bonds. The summed E-state index contributed by atoms with van der Waals surface area (Å²) in [5.41, 5.74) is 1.09. The number of rotatable bonds is 8. The summed E-state index contributed by atoms with van der Waals surface area (Å²) in [7, 11) is 1.26. The predicted octanol–water partition coefficient (Wildman–Crippen LogP) is 2.06. The van der Waals surface area contributed by atoms with Gasteiger partial charge in [-0.25, -0.2) is 4.79 Å². The lowest BCUT2D eigenvalue weighted by Gasteiger charge is -2.18. The van der Waals surface area contributed by atoms with Crippen LogP contribution in [0.25, 0.3) is 0 Å². The summed E-state index contributed by atoms with van der Waals surface area (Å²) in [6.45, 7) is 3.29. The van der Waals surface area contributed by atoms with E-state index >= 15 is 0 Å². The molecule has 23 heavy (non-hydrogen) atoms. The number of esters is 2. The molecule has 1 unspecified atom stereocenters. The molecule has 1 aromatic rings. The minimum atomic E-state index is -0.887. The number of nitrogens with zero attached hydrogens (tertiary/aromatic N) is 2. The number of aliphatic imine (C=N–C) groups is 1. The first-order valence-corrected chi connectivity index (χ1v) is 6.96. The highest BCUT2D eigenvalue weighted by molar-refractivity contribution is 6.07. The molecule has 0 aromatic heterocycles. The summed E-state index contributed by atoms with van der Waals surface area (Å²) in [5, 5.41) is 5.76. The monoisotopic (exact) mass is 321 g/mol. The van der Waals surface area contributed by atoms with E-state index in [0.29, 0.717) is 11.4 Å². The van der Waals surface area contributed by atoms with Crippen LogP contribution < -0.4 is 5.32 Å². The Morgan fingerprint density at radius 3 is 2.70 bits per heavy atom. The average molecular weight is 321 g/mol. The molecule has 0 fully saturated rings. The lowest BCUT2D eigenvalue weighted by Crippen LogP contribution is -2.38. The van der Waals surface area contributed by atoms with Crippen LogP contribution >= 0.6 is 0 Å². The number of nitroso groups, excluding NO2 is 1. The van der Waals surface area contributed by atoms with Gasteiger partial charge in [0.1, 0.15) is 12.2 Å². The van der Waals surface area contributed by atoms with E-state index in [1.807, 2.05) is 0 Å². The van der Waals surface area contributed by atoms with Crippen molar-refractivity contribution in [2.45, 2.75) is 19.9 Å². The second kappa shape index (κ2) is 9.29. The summed E-state index contributed by atoms with van der Waals surface area (Å²) < 4.78 is 9.51. The van der Waals surface area contributed by atoms with Gasteiger partial charge in [-0.05, 0) is 37.2 Å². The van der Waals surface area contributed by atoms with Crippen molar-refractivity contribution in [1.29, 1.82) is 0 Å². The van der Waals surface area contributed by atoms with E-state index in [9.17, 15) is 14.5 Å². The smallest absolute Gasteiger partial charge is 0.334 e. The van der Waals surface area contributed by atoms with E-state index in [1.165, 1.54) is 19.2 Å². The van der Waals surface area contributed by atoms with Crippen LogP contribution in [-0.2, 0) is 19.1 Å². The van der Waals surface area contributed by atoms with E-state index in [-0.39, 0.29) is 18.8 Å². The predicted molar refractivity (Wildman–Crippen MR) is 85.9 cm³/mol. The summed E-state index contributed by atoms with van der Waals surface area (Å²) >= 11 is 0. The fraction of sp³-hybridized carbons (Fsp3) is 0.400. The largest absolute Gasteiger partial charge is 0.468 e. The number of nitrogens with one attached hydrogen (secondary N) is 1. The molecule has 0 radical (unpaired) electrons. The molecule has 8 heteroatoms. The molecule has 0 saturated carbocycles. The molecule has 1 N–H and O–H groups in total. The van der Waals surface area contributed by atoms with Gasteiger partial charge in [-0.2, -0.15) is 0 Å². The van der Waals surface area contributed by atoms with Gasteiger partial charge in [0.15, 0.2) is 6.04 Å². The van der Waals surface area contributed by atoms with Crippen molar-refractivity contribution < 1.29 is 19.1 Å². The summed E-state index contributed by atoms with van der Waals surface area (Å²) in [5.74, 6) is -1.05. The van der Waals surface area contributed by atoms with Crippen molar-refractivity contribution in [2.24, 2.45) is 10.2 Å². The van der Waals surface area contributed by atoms with Crippen LogP contribution in [0.3, 0.4) is 0 Å². The lowest BCUT2D eigenvalue weighted by molar-refractivity contribution is -0.142. The zero-order valence-corrected chi connectivity index (χ0v) is 13.2. The Hall–Kier alpha value is -2.77. The quantitative estimate of drug-likeness (QED) is 0.446. The minimum absolute atomic E-state index is 0.199. The molecule has 0 saturated heterocycles. The molecule has 0 bridgehead atoms. The van der Waals surface area contributed by atoms with Crippen LogP contribution in [0.5, 0.6) is 0 Å². The summed E-state index contributed by atoms with van der Waals surface area (Å²) in [6, 6.07) is 5.45. The molecular formula is C15H19N3O5. The van der Waals surface area contributed by atoms with E-state index < -0.39 is 18.0 Å². The second-order valence-electron chi connectivity index (χ2n) is 4.50. The molecule has 0 aliphatic heterocycles. The molecule has 0 heterocycles. The maximum atomic E-state index is 12.1. The highest BCUT2D eigenvalue weighted by Crippen LogP contribution is 2.18. The van der Waals surface area contributed by atoms with Gasteiger partial charge in [-0.1, -0.05) is 6.07 Å². The van der Waals surface area contributed by atoms with E-state index in [2.05, 4.69) is 20.2 Å². The van der Waals surface area contributed by atoms with Gasteiger partial charge >= 0.3 is 11.9 Å². The average Bonchev–Trinajstić information content (AvgIpc) is 2.57. The van der Waals surface area contributed by atoms with Gasteiger partial charge in [0.05, 0.1) is 13.7 Å². The zero-order valence-electron chi connectivity index (χ0n) is 13.2. The summed E-state index contributed by atoms with van der Waals surface area (Å²) in [4.78, 5) is 37.9. The van der Waals surface area contributed by atoms with Gasteiger partial charge in [-0.15, -0.1) is 4.91 Å². The Balaban J connectivity index is 2.97. The molecular weight excluding hydrogens is 302 g/mol. The van der Waals surface area contributed by atoms with E-state index in [0.717, 1.165) is 0 Å². The topological polar surface area (TPSA) is 106 Å². The number of hydrogen-bond acceptors (Lipinski definition) is 8. The molecule has 0 aliphatic rings. The van der Waals surface area contributed by atoms with E-state index in [1.54, 1.807) is 26.0 Å². The van der Waals surface area contributed by atoms with Crippen molar-refractivity contribution >= 4 is 29.0 Å². The third-order valence-corrected chi connectivity index (χ3v) is 2.89. The highest BCUT2D eigenvalue weighted by atomic mass is 16.5. The number of carbonyl (C=O) groups is 2. The Morgan fingerprint density at radius 2 is 2.09 bits per heavy atom. The number of hydrogen-bond donors (Lipinski definition) is 1. The first-order chi connectivity index (χ1) is 11.0. The first kappa shape index (κ1) is 18.3. The van der Waals surface area contributed by atoms with Crippen LogP contribution in [0.1, 0.15) is 13.8 Å². The second-order valence-corrected chi connectivity index (χ2v) is 4.50. The van der Waals surface area contributed by atoms with Gasteiger partial charge in [0, 0.05) is 11.4 Å².